The van der Waals surface area contributed by atoms with Gasteiger partial charge in [0.05, 0.1) is 10.2 Å². The third kappa shape index (κ3) is 3.07. The average molecular weight is 285 g/mol. The maximum absolute atomic E-state index is 12.2. The lowest BCUT2D eigenvalue weighted by atomic mass is 9.74. The highest BCUT2D eigenvalue weighted by molar-refractivity contribution is 8.01. The van der Waals surface area contributed by atoms with Crippen LogP contribution in [0.2, 0.25) is 0 Å². The number of carbonyl (C=O) groups excluding carboxylic acids is 1. The molecule has 0 spiro atoms. The predicted molar refractivity (Wildman–Crippen MR) is 76.3 cm³/mol. The van der Waals surface area contributed by atoms with Crippen LogP contribution >= 0.6 is 11.8 Å². The van der Waals surface area contributed by atoms with Crippen LogP contribution in [0.1, 0.15) is 51.9 Å². The Hall–Kier alpha value is -0.710. The second kappa shape index (κ2) is 5.73. The van der Waals surface area contributed by atoms with E-state index in [2.05, 4.69) is 5.32 Å². The number of hydrogen-bond acceptors (Lipinski definition) is 3. The number of hydrogen-bond donors (Lipinski definition) is 2. The summed E-state index contributed by atoms with van der Waals surface area (Å²) in [4.78, 5) is 23.8. The molecule has 1 aliphatic carbocycles. The molecule has 0 aromatic carbocycles. The van der Waals surface area contributed by atoms with Crippen molar-refractivity contribution >= 4 is 23.6 Å². The van der Waals surface area contributed by atoms with Gasteiger partial charge in [0.15, 0.2) is 0 Å². The highest BCUT2D eigenvalue weighted by atomic mass is 32.2. The molecule has 1 amide bonds. The Labute approximate surface area is 118 Å². The van der Waals surface area contributed by atoms with Gasteiger partial charge >= 0.3 is 5.97 Å². The zero-order chi connectivity index (χ0) is 13.9. The largest absolute Gasteiger partial charge is 0.481 e. The van der Waals surface area contributed by atoms with Crippen LogP contribution in [0.4, 0.5) is 0 Å². The lowest BCUT2D eigenvalue weighted by Crippen LogP contribution is -2.49. The van der Waals surface area contributed by atoms with Crippen LogP contribution in [0.3, 0.4) is 0 Å². The summed E-state index contributed by atoms with van der Waals surface area (Å²) < 4.78 is -0.353. The number of amides is 1. The maximum Gasteiger partial charge on any atom is 0.311 e. The monoisotopic (exact) mass is 285 g/mol. The van der Waals surface area contributed by atoms with Crippen molar-refractivity contribution in [3.8, 4) is 0 Å². The molecular formula is C14H23NO3S. The second-order valence-electron chi connectivity index (χ2n) is 6.01. The zero-order valence-electron chi connectivity index (χ0n) is 11.5. The van der Waals surface area contributed by atoms with E-state index in [0.717, 1.165) is 37.9 Å². The minimum Gasteiger partial charge on any atom is -0.481 e. The van der Waals surface area contributed by atoms with Gasteiger partial charge in [0.25, 0.3) is 0 Å². The average Bonchev–Trinajstić information content (AvgIpc) is 2.85. The van der Waals surface area contributed by atoms with Crippen molar-refractivity contribution in [2.45, 2.75) is 56.6 Å². The van der Waals surface area contributed by atoms with Crippen LogP contribution in [0.25, 0.3) is 0 Å². The highest BCUT2D eigenvalue weighted by Gasteiger charge is 2.42. The fourth-order valence-electron chi connectivity index (χ4n) is 3.09. The summed E-state index contributed by atoms with van der Waals surface area (Å²) in [6.45, 7) is 2.26. The van der Waals surface area contributed by atoms with Crippen molar-refractivity contribution in [2.24, 2.45) is 5.41 Å². The third-order valence-electron chi connectivity index (χ3n) is 4.55. The van der Waals surface area contributed by atoms with Gasteiger partial charge in [-0.25, -0.2) is 0 Å². The van der Waals surface area contributed by atoms with Crippen LogP contribution in [0, 0.1) is 5.41 Å². The van der Waals surface area contributed by atoms with E-state index in [0.29, 0.717) is 12.8 Å². The maximum atomic E-state index is 12.2. The summed E-state index contributed by atoms with van der Waals surface area (Å²) in [5.41, 5.74) is -0.729. The summed E-state index contributed by atoms with van der Waals surface area (Å²) in [5, 5.41) is 12.4. The molecule has 0 radical (unpaired) electrons. The standard InChI is InChI=1S/C14H23NO3S/c1-13(6-5-9-19-13)11(16)15-10-14(12(17)18)7-3-2-4-8-14/h2-10H2,1H3,(H,15,16)(H,17,18). The van der Waals surface area contributed by atoms with Crippen molar-refractivity contribution in [3.05, 3.63) is 0 Å². The van der Waals surface area contributed by atoms with E-state index in [1.54, 1.807) is 11.8 Å². The molecule has 4 nitrogen and oxygen atoms in total. The van der Waals surface area contributed by atoms with Crippen molar-refractivity contribution in [2.75, 3.05) is 12.3 Å². The van der Waals surface area contributed by atoms with E-state index in [9.17, 15) is 14.7 Å². The first kappa shape index (κ1) is 14.7. The van der Waals surface area contributed by atoms with Gasteiger partial charge in [-0.15, -0.1) is 11.8 Å². The summed E-state index contributed by atoms with van der Waals surface area (Å²) in [6, 6.07) is 0. The number of aliphatic carboxylic acids is 1. The van der Waals surface area contributed by atoms with E-state index in [4.69, 9.17) is 0 Å². The van der Waals surface area contributed by atoms with E-state index in [1.807, 2.05) is 6.92 Å². The van der Waals surface area contributed by atoms with Crippen LogP contribution in [0.5, 0.6) is 0 Å². The number of rotatable bonds is 4. The van der Waals surface area contributed by atoms with E-state index >= 15 is 0 Å². The fourth-order valence-corrected chi connectivity index (χ4v) is 4.32. The Morgan fingerprint density at radius 2 is 1.84 bits per heavy atom. The molecular weight excluding hydrogens is 262 g/mol. The van der Waals surface area contributed by atoms with Crippen LogP contribution in [-0.2, 0) is 9.59 Å². The minimum atomic E-state index is -0.753. The normalized spacial score (nSPS) is 29.9. The van der Waals surface area contributed by atoms with Gasteiger partial charge in [-0.1, -0.05) is 19.3 Å². The molecule has 19 heavy (non-hydrogen) atoms. The molecule has 1 atom stereocenters. The van der Waals surface area contributed by atoms with Gasteiger partial charge in [0.1, 0.15) is 0 Å². The predicted octanol–water partition coefficient (Wildman–Crippen LogP) is 2.42. The van der Waals surface area contributed by atoms with Gasteiger partial charge < -0.3 is 10.4 Å². The zero-order valence-corrected chi connectivity index (χ0v) is 12.4. The second-order valence-corrected chi connectivity index (χ2v) is 7.61. The highest BCUT2D eigenvalue weighted by Crippen LogP contribution is 2.39. The number of carboxylic acid groups (broad SMARTS) is 1. The molecule has 1 saturated carbocycles. The molecule has 2 N–H and O–H groups in total. The Balaban J connectivity index is 1.95. The van der Waals surface area contributed by atoms with Gasteiger partial charge in [-0.2, -0.15) is 0 Å². The summed E-state index contributed by atoms with van der Waals surface area (Å²) >= 11 is 1.69. The molecule has 1 heterocycles. The third-order valence-corrected chi connectivity index (χ3v) is 6.07. The quantitative estimate of drug-likeness (QED) is 0.832. The Morgan fingerprint density at radius 1 is 1.16 bits per heavy atom. The van der Waals surface area contributed by atoms with Crippen molar-refractivity contribution in [3.63, 3.8) is 0 Å². The molecule has 0 aromatic rings. The molecule has 5 heteroatoms. The van der Waals surface area contributed by atoms with Crippen molar-refractivity contribution in [1.29, 1.82) is 0 Å². The first-order valence-corrected chi connectivity index (χ1v) is 8.13. The molecule has 108 valence electrons. The van der Waals surface area contributed by atoms with E-state index < -0.39 is 11.4 Å². The van der Waals surface area contributed by atoms with Gasteiger partial charge in [0, 0.05) is 6.54 Å². The number of thioether (sulfide) groups is 1. The number of nitrogens with one attached hydrogen (secondary N) is 1. The SMILES string of the molecule is CC1(C(=O)NCC2(C(=O)O)CCCCC2)CCCS1. The fraction of sp³-hybridized carbons (Fsp3) is 0.857. The van der Waals surface area contributed by atoms with Gasteiger partial charge in [0.2, 0.25) is 5.91 Å². The summed E-state index contributed by atoms with van der Waals surface area (Å²) in [5.74, 6) is 0.284. The van der Waals surface area contributed by atoms with Crippen molar-refractivity contribution in [1.82, 2.24) is 5.32 Å². The Morgan fingerprint density at radius 3 is 2.37 bits per heavy atom. The molecule has 2 fully saturated rings. The molecule has 2 aliphatic rings. The van der Waals surface area contributed by atoms with Crippen LogP contribution < -0.4 is 5.32 Å². The Bertz CT molecular complexity index is 358. The molecule has 1 saturated heterocycles. The first-order chi connectivity index (χ1) is 8.99. The topological polar surface area (TPSA) is 66.4 Å². The molecule has 2 rings (SSSR count). The van der Waals surface area contributed by atoms with Gasteiger partial charge in [-0.3, -0.25) is 9.59 Å². The summed E-state index contributed by atoms with van der Waals surface area (Å²) in [7, 11) is 0. The van der Waals surface area contributed by atoms with E-state index in [-0.39, 0.29) is 17.2 Å². The number of carbonyl (C=O) groups is 2. The number of carboxylic acids is 1. The first-order valence-electron chi connectivity index (χ1n) is 7.14. The molecule has 1 unspecified atom stereocenters. The van der Waals surface area contributed by atoms with Crippen LogP contribution in [-0.4, -0.2) is 34.0 Å². The van der Waals surface area contributed by atoms with Crippen LogP contribution in [0.15, 0.2) is 0 Å². The molecule has 0 aromatic heterocycles. The minimum absolute atomic E-state index is 0.0150. The molecule has 1 aliphatic heterocycles. The lowest BCUT2D eigenvalue weighted by molar-refractivity contribution is -0.151. The van der Waals surface area contributed by atoms with Crippen molar-refractivity contribution < 1.29 is 14.7 Å². The smallest absolute Gasteiger partial charge is 0.311 e. The van der Waals surface area contributed by atoms with Gasteiger partial charge in [-0.05, 0) is 38.4 Å². The summed E-state index contributed by atoms with van der Waals surface area (Å²) in [6.07, 6.45) is 6.35. The van der Waals surface area contributed by atoms with E-state index in [1.165, 1.54) is 0 Å². The Kier molecular flexibility index (Phi) is 4.43. The lowest BCUT2D eigenvalue weighted by Gasteiger charge is -2.34. The molecule has 0 bridgehead atoms.